The third kappa shape index (κ3) is 2.12. The van der Waals surface area contributed by atoms with Crippen LogP contribution in [0.15, 0.2) is 6.20 Å². The monoisotopic (exact) mass is 204 g/mol. The van der Waals surface area contributed by atoms with E-state index in [1.807, 2.05) is 6.20 Å². The van der Waals surface area contributed by atoms with Crippen molar-refractivity contribution in [3.05, 3.63) is 22.3 Å². The first kappa shape index (κ1) is 10.0. The van der Waals surface area contributed by atoms with E-state index in [1.54, 1.807) is 7.05 Å². The van der Waals surface area contributed by atoms with Crippen molar-refractivity contribution in [1.82, 2.24) is 10.3 Å². The van der Waals surface area contributed by atoms with Crippen molar-refractivity contribution in [3.63, 3.8) is 0 Å². The molecular formula is C12H16N2O. The van der Waals surface area contributed by atoms with Crippen LogP contribution < -0.4 is 15.9 Å². The van der Waals surface area contributed by atoms with Crippen LogP contribution in [0.4, 0.5) is 0 Å². The van der Waals surface area contributed by atoms with Gasteiger partial charge in [-0.15, -0.1) is 0 Å². The normalized spacial score (nSPS) is 13.7. The zero-order chi connectivity index (χ0) is 10.7. The number of carbonyl (C=O) groups excluding carboxylic acids is 1. The topological polar surface area (TPSA) is 44.9 Å². The second kappa shape index (κ2) is 4.34. The molecule has 1 amide bonds. The van der Waals surface area contributed by atoms with Crippen LogP contribution in [0.3, 0.4) is 0 Å². The molecule has 0 aromatic carbocycles. The lowest BCUT2D eigenvalue weighted by Gasteiger charge is -1.99. The molecule has 0 atom stereocenters. The van der Waals surface area contributed by atoms with E-state index in [0.29, 0.717) is 6.42 Å². The van der Waals surface area contributed by atoms with Crippen molar-refractivity contribution >= 4 is 18.1 Å². The zero-order valence-corrected chi connectivity index (χ0v) is 8.97. The number of H-pyrrole nitrogens is 1. The molecule has 0 saturated heterocycles. The number of amides is 1. The standard InChI is InChI=1S/C12H16N2O/c1-13-12(15)7-6-9-8-14-11-5-3-2-4-10(9)11/h4-5,8,14H,2-3,6-7H2,1H3,(H,13,15). The molecule has 1 aliphatic rings. The van der Waals surface area contributed by atoms with Gasteiger partial charge in [0.05, 0.1) is 0 Å². The molecule has 0 fully saturated rings. The smallest absolute Gasteiger partial charge is 0.220 e. The number of rotatable bonds is 3. The summed E-state index contributed by atoms with van der Waals surface area (Å²) in [6.07, 6.45) is 10.1. The van der Waals surface area contributed by atoms with Gasteiger partial charge in [-0.1, -0.05) is 12.2 Å². The van der Waals surface area contributed by atoms with Crippen LogP contribution in [0.5, 0.6) is 0 Å². The third-order valence-electron chi connectivity index (χ3n) is 2.80. The summed E-state index contributed by atoms with van der Waals surface area (Å²) in [5.41, 5.74) is 1.25. The number of aromatic amines is 1. The van der Waals surface area contributed by atoms with Gasteiger partial charge in [0.25, 0.3) is 0 Å². The fourth-order valence-corrected chi connectivity index (χ4v) is 1.94. The minimum absolute atomic E-state index is 0.102. The molecule has 0 aliphatic heterocycles. The van der Waals surface area contributed by atoms with Crippen LogP contribution in [-0.4, -0.2) is 17.9 Å². The summed E-state index contributed by atoms with van der Waals surface area (Å²) in [4.78, 5) is 14.4. The van der Waals surface area contributed by atoms with E-state index < -0.39 is 0 Å². The Kier molecular flexibility index (Phi) is 2.90. The third-order valence-corrected chi connectivity index (χ3v) is 2.80. The van der Waals surface area contributed by atoms with Gasteiger partial charge in [0.15, 0.2) is 0 Å². The predicted octanol–water partition coefficient (Wildman–Crippen LogP) is 0.0481. The molecule has 0 saturated carbocycles. The second-order valence-corrected chi connectivity index (χ2v) is 3.80. The first-order valence-corrected chi connectivity index (χ1v) is 5.38. The minimum Gasteiger partial charge on any atom is -0.361 e. The molecule has 0 unspecified atom stereocenters. The fraction of sp³-hybridized carbons (Fsp3) is 0.417. The Labute approximate surface area is 88.9 Å². The van der Waals surface area contributed by atoms with Crippen molar-refractivity contribution in [2.45, 2.75) is 25.7 Å². The Bertz CT molecular complexity index is 470. The van der Waals surface area contributed by atoms with E-state index in [1.165, 1.54) is 16.1 Å². The molecule has 0 spiro atoms. The van der Waals surface area contributed by atoms with Gasteiger partial charge in [-0.25, -0.2) is 0 Å². The van der Waals surface area contributed by atoms with Gasteiger partial charge < -0.3 is 10.3 Å². The van der Waals surface area contributed by atoms with Gasteiger partial charge in [0.1, 0.15) is 0 Å². The Hall–Kier alpha value is -1.51. The summed E-state index contributed by atoms with van der Waals surface area (Å²) in [6.45, 7) is 0. The quantitative estimate of drug-likeness (QED) is 0.718. The molecule has 1 aromatic rings. The highest BCUT2D eigenvalue weighted by atomic mass is 16.1. The number of hydrogen-bond acceptors (Lipinski definition) is 1. The molecule has 3 nitrogen and oxygen atoms in total. The van der Waals surface area contributed by atoms with Crippen molar-refractivity contribution < 1.29 is 4.79 Å². The van der Waals surface area contributed by atoms with Crippen LogP contribution >= 0.6 is 0 Å². The van der Waals surface area contributed by atoms with Gasteiger partial charge >= 0.3 is 0 Å². The number of carbonyl (C=O) groups is 1. The molecule has 2 N–H and O–H groups in total. The molecule has 1 heterocycles. The lowest BCUT2D eigenvalue weighted by molar-refractivity contribution is -0.120. The largest absolute Gasteiger partial charge is 0.361 e. The first-order chi connectivity index (χ1) is 7.31. The highest BCUT2D eigenvalue weighted by Crippen LogP contribution is 1.99. The lowest BCUT2D eigenvalue weighted by atomic mass is 10.1. The van der Waals surface area contributed by atoms with Crippen LogP contribution in [0, 0.1) is 0 Å². The molecule has 80 valence electrons. The lowest BCUT2D eigenvalue weighted by Crippen LogP contribution is -2.27. The number of hydrogen-bond donors (Lipinski definition) is 2. The maximum absolute atomic E-state index is 11.1. The van der Waals surface area contributed by atoms with Crippen LogP contribution in [0.1, 0.15) is 24.8 Å². The van der Waals surface area contributed by atoms with Crippen LogP contribution in [0.25, 0.3) is 12.2 Å². The zero-order valence-electron chi connectivity index (χ0n) is 8.97. The second-order valence-electron chi connectivity index (χ2n) is 3.80. The summed E-state index contributed by atoms with van der Waals surface area (Å²) < 4.78 is 0. The van der Waals surface area contributed by atoms with Crippen molar-refractivity contribution in [1.29, 1.82) is 0 Å². The van der Waals surface area contributed by atoms with E-state index in [0.717, 1.165) is 19.3 Å². The SMILES string of the molecule is CNC(=O)CCc1c[nH]c2c1=CCCC=2. The summed E-state index contributed by atoms with van der Waals surface area (Å²) in [6, 6.07) is 0. The molecule has 0 bridgehead atoms. The molecule has 1 aliphatic carbocycles. The summed E-state index contributed by atoms with van der Waals surface area (Å²) >= 11 is 0. The van der Waals surface area contributed by atoms with E-state index in [2.05, 4.69) is 22.5 Å². The molecule has 15 heavy (non-hydrogen) atoms. The van der Waals surface area contributed by atoms with Crippen molar-refractivity contribution in [3.8, 4) is 0 Å². The van der Waals surface area contributed by atoms with Crippen molar-refractivity contribution in [2.75, 3.05) is 7.05 Å². The van der Waals surface area contributed by atoms with E-state index in [4.69, 9.17) is 0 Å². The number of aryl methyl sites for hydroxylation is 1. The Morgan fingerprint density at radius 1 is 1.47 bits per heavy atom. The average Bonchev–Trinajstić information content (AvgIpc) is 2.69. The molecule has 3 heteroatoms. The van der Waals surface area contributed by atoms with Crippen LogP contribution in [-0.2, 0) is 11.2 Å². The molecule has 1 aromatic heterocycles. The number of nitrogens with one attached hydrogen (secondary N) is 2. The Balaban J connectivity index is 2.17. The molecular weight excluding hydrogens is 188 g/mol. The van der Waals surface area contributed by atoms with Crippen LogP contribution in [0.2, 0.25) is 0 Å². The predicted molar refractivity (Wildman–Crippen MR) is 60.6 cm³/mol. The Morgan fingerprint density at radius 3 is 3.07 bits per heavy atom. The summed E-state index contributed by atoms with van der Waals surface area (Å²) in [5.74, 6) is 0.102. The van der Waals surface area contributed by atoms with Gasteiger partial charge in [0, 0.05) is 25.0 Å². The van der Waals surface area contributed by atoms with E-state index >= 15 is 0 Å². The highest BCUT2D eigenvalue weighted by molar-refractivity contribution is 5.75. The van der Waals surface area contributed by atoms with E-state index in [-0.39, 0.29) is 5.91 Å². The summed E-state index contributed by atoms with van der Waals surface area (Å²) in [5, 5.41) is 5.15. The molecule has 2 rings (SSSR count). The van der Waals surface area contributed by atoms with Gasteiger partial charge in [-0.3, -0.25) is 4.79 Å². The minimum atomic E-state index is 0.102. The highest BCUT2D eigenvalue weighted by Gasteiger charge is 2.04. The van der Waals surface area contributed by atoms with Gasteiger partial charge in [-0.2, -0.15) is 0 Å². The maximum atomic E-state index is 11.1. The number of fused-ring (bicyclic) bond motifs is 1. The molecule has 0 radical (unpaired) electrons. The van der Waals surface area contributed by atoms with Gasteiger partial charge in [-0.05, 0) is 30.0 Å². The van der Waals surface area contributed by atoms with Gasteiger partial charge in [0.2, 0.25) is 5.91 Å². The van der Waals surface area contributed by atoms with E-state index in [9.17, 15) is 4.79 Å². The number of aromatic nitrogens is 1. The fourth-order valence-electron chi connectivity index (χ4n) is 1.94. The van der Waals surface area contributed by atoms with Crippen molar-refractivity contribution in [2.24, 2.45) is 0 Å². The first-order valence-electron chi connectivity index (χ1n) is 5.38. The average molecular weight is 204 g/mol. The Morgan fingerprint density at radius 2 is 2.27 bits per heavy atom. The summed E-state index contributed by atoms with van der Waals surface area (Å²) in [7, 11) is 1.68. The maximum Gasteiger partial charge on any atom is 0.220 e.